The Hall–Kier alpha value is -4.55. The number of halogens is 2. The van der Waals surface area contributed by atoms with Gasteiger partial charge in [-0.3, -0.25) is 24.4 Å². The van der Waals surface area contributed by atoms with Gasteiger partial charge in [-0.15, -0.1) is 0 Å². The maximum Gasteiger partial charge on any atom is 0.274 e. The van der Waals surface area contributed by atoms with Crippen LogP contribution in [0.1, 0.15) is 61.1 Å². The van der Waals surface area contributed by atoms with Gasteiger partial charge in [0.2, 0.25) is 11.8 Å². The van der Waals surface area contributed by atoms with Gasteiger partial charge in [0.05, 0.1) is 28.5 Å². The van der Waals surface area contributed by atoms with Crippen LogP contribution >= 0.6 is 23.2 Å². The molecule has 11 nitrogen and oxygen atoms in total. The number of hydrogen-bond donors (Lipinski definition) is 3. The van der Waals surface area contributed by atoms with Crippen molar-refractivity contribution in [2.24, 2.45) is 0 Å². The predicted molar refractivity (Wildman–Crippen MR) is 208 cm³/mol. The van der Waals surface area contributed by atoms with E-state index in [0.717, 1.165) is 68.6 Å². The zero-order valence-electron chi connectivity index (χ0n) is 30.3. The Morgan fingerprint density at radius 3 is 2.04 bits per heavy atom. The molecule has 0 radical (unpaired) electrons. The molecular weight excluding hydrogens is 713 g/mol. The number of pyridine rings is 2. The van der Waals surface area contributed by atoms with Crippen molar-refractivity contribution in [3.05, 3.63) is 93.9 Å². The van der Waals surface area contributed by atoms with E-state index in [4.69, 9.17) is 27.9 Å². The molecule has 4 aromatic rings. The molecule has 2 aliphatic rings. The molecule has 0 bridgehead atoms. The largest absolute Gasteiger partial charge is 0.496 e. The predicted octanol–water partition coefficient (Wildman–Crippen LogP) is 6.58. The first-order valence-corrected chi connectivity index (χ1v) is 18.7. The number of ether oxygens (including phenoxy) is 1. The summed E-state index contributed by atoms with van der Waals surface area (Å²) in [5, 5.41) is 10.8. The summed E-state index contributed by atoms with van der Waals surface area (Å²) in [7, 11) is 1.64. The molecule has 2 aromatic heterocycles. The van der Waals surface area contributed by atoms with Crippen LogP contribution in [0, 0.1) is 0 Å². The van der Waals surface area contributed by atoms with Gasteiger partial charge in [0.25, 0.3) is 5.91 Å². The van der Waals surface area contributed by atoms with Crippen molar-refractivity contribution in [3.8, 4) is 28.1 Å². The number of benzene rings is 2. The Labute approximate surface area is 320 Å². The van der Waals surface area contributed by atoms with Crippen LogP contribution in [0.4, 0.5) is 5.69 Å². The zero-order chi connectivity index (χ0) is 37.5. The van der Waals surface area contributed by atoms with Gasteiger partial charge in [-0.25, -0.2) is 0 Å². The number of nitrogens with zero attached hydrogens (tertiary/aromatic N) is 4. The molecule has 278 valence electrons. The van der Waals surface area contributed by atoms with Crippen molar-refractivity contribution in [2.45, 2.75) is 64.7 Å². The Kier molecular flexibility index (Phi) is 12.6. The maximum atomic E-state index is 13.2. The normalized spacial score (nSPS) is 15.3. The lowest BCUT2D eigenvalue weighted by molar-refractivity contribution is -0.130. The van der Waals surface area contributed by atoms with Crippen molar-refractivity contribution in [3.63, 3.8) is 0 Å². The first kappa shape index (κ1) is 38.2. The molecule has 3 N–H and O–H groups in total. The zero-order valence-corrected chi connectivity index (χ0v) is 31.8. The smallest absolute Gasteiger partial charge is 0.274 e. The highest BCUT2D eigenvalue weighted by Crippen LogP contribution is 2.41. The van der Waals surface area contributed by atoms with E-state index in [2.05, 4.69) is 25.9 Å². The lowest BCUT2D eigenvalue weighted by Crippen LogP contribution is -2.43. The molecule has 6 rings (SSSR count). The van der Waals surface area contributed by atoms with E-state index in [9.17, 15) is 14.4 Å². The summed E-state index contributed by atoms with van der Waals surface area (Å²) in [6.07, 6.45) is 7.01. The van der Waals surface area contributed by atoms with Crippen molar-refractivity contribution in [1.82, 2.24) is 30.4 Å². The summed E-state index contributed by atoms with van der Waals surface area (Å²) in [5.74, 6) is 0.573. The lowest BCUT2D eigenvalue weighted by atomic mass is 10.0. The average molecular weight is 759 g/mol. The molecule has 2 aromatic carbocycles. The summed E-state index contributed by atoms with van der Waals surface area (Å²) in [4.78, 5) is 49.3. The first-order valence-electron chi connectivity index (χ1n) is 18.0. The molecule has 53 heavy (non-hydrogen) atoms. The topological polar surface area (TPSA) is 129 Å². The number of hydrogen-bond acceptors (Lipinski definition) is 8. The molecule has 0 unspecified atom stereocenters. The number of amides is 3. The summed E-state index contributed by atoms with van der Waals surface area (Å²) in [6.45, 7) is 7.52. The highest BCUT2D eigenvalue weighted by Gasteiger charge is 2.23. The van der Waals surface area contributed by atoms with Crippen molar-refractivity contribution in [1.29, 1.82) is 0 Å². The number of likely N-dealkylation sites (tertiary alicyclic amines) is 2. The van der Waals surface area contributed by atoms with Gasteiger partial charge in [-0.1, -0.05) is 53.5 Å². The number of anilines is 1. The average Bonchev–Trinajstić information content (AvgIpc) is 3.17. The summed E-state index contributed by atoms with van der Waals surface area (Å²) in [6, 6.07) is 17.3. The fraction of sp³-hybridized carbons (Fsp3) is 0.375. The van der Waals surface area contributed by atoms with E-state index in [1.807, 2.05) is 46.2 Å². The van der Waals surface area contributed by atoms with Crippen LogP contribution in [-0.4, -0.2) is 82.9 Å². The van der Waals surface area contributed by atoms with Gasteiger partial charge >= 0.3 is 0 Å². The fourth-order valence-corrected chi connectivity index (χ4v) is 7.49. The van der Waals surface area contributed by atoms with E-state index in [-0.39, 0.29) is 23.4 Å². The quantitative estimate of drug-likeness (QED) is 0.157. The minimum Gasteiger partial charge on any atom is -0.496 e. The van der Waals surface area contributed by atoms with Gasteiger partial charge in [-0.05, 0) is 55.5 Å². The van der Waals surface area contributed by atoms with Gasteiger partial charge in [-0.2, -0.15) is 0 Å². The number of rotatable bonds is 11. The summed E-state index contributed by atoms with van der Waals surface area (Å²) >= 11 is 13.9. The van der Waals surface area contributed by atoms with Gasteiger partial charge < -0.3 is 30.5 Å². The Morgan fingerprint density at radius 1 is 0.792 bits per heavy atom. The fourth-order valence-electron chi connectivity index (χ4n) is 6.89. The lowest BCUT2D eigenvalue weighted by Gasteiger charge is -2.32. The molecule has 0 spiro atoms. The third-order valence-corrected chi connectivity index (χ3v) is 10.9. The minimum atomic E-state index is -0.384. The molecule has 2 fully saturated rings. The standard InChI is InChI=1S/C40H45Cl2N7O4/c1-25(50)48-17-12-30(13-18-48)44-22-27-7-10-35(46-23-27)40(52)47-34-6-4-5-32(37(34)41)33-11-16-43-39(38(33)42)28-8-9-29(36(21-28)53-3)24-45-31-14-19-49(20-15-31)26(2)51/h4-11,16,21,23,30-31,44-45H,12-15,17-20,22,24H2,1-3H3,(H,47,52). The van der Waals surface area contributed by atoms with Gasteiger partial charge in [0.1, 0.15) is 11.4 Å². The third-order valence-electron chi connectivity index (χ3n) is 10.1. The molecule has 0 aliphatic carbocycles. The second kappa shape index (κ2) is 17.5. The number of piperidine rings is 2. The van der Waals surface area contributed by atoms with Crippen LogP contribution in [0.2, 0.25) is 10.0 Å². The van der Waals surface area contributed by atoms with E-state index in [1.165, 1.54) is 0 Å². The van der Waals surface area contributed by atoms with Gasteiger partial charge in [0, 0.05) is 99.8 Å². The molecule has 2 saturated heterocycles. The van der Waals surface area contributed by atoms with E-state index in [1.54, 1.807) is 51.6 Å². The molecule has 3 amide bonds. The van der Waals surface area contributed by atoms with Crippen LogP contribution in [0.3, 0.4) is 0 Å². The molecule has 13 heteroatoms. The molecule has 4 heterocycles. The van der Waals surface area contributed by atoms with Crippen LogP contribution < -0.4 is 20.7 Å². The summed E-state index contributed by atoms with van der Waals surface area (Å²) < 4.78 is 5.77. The van der Waals surface area contributed by atoms with E-state index >= 15 is 0 Å². The Balaban J connectivity index is 1.10. The Morgan fingerprint density at radius 2 is 1.43 bits per heavy atom. The van der Waals surface area contributed by atoms with E-state index < -0.39 is 0 Å². The highest BCUT2D eigenvalue weighted by molar-refractivity contribution is 6.39. The van der Waals surface area contributed by atoms with E-state index in [0.29, 0.717) is 63.5 Å². The number of aromatic nitrogens is 2. The second-order valence-electron chi connectivity index (χ2n) is 13.5. The number of carbonyl (C=O) groups is 3. The van der Waals surface area contributed by atoms with Crippen LogP contribution in [-0.2, 0) is 22.7 Å². The molecular formula is C40H45Cl2N7O4. The molecule has 2 aliphatic heterocycles. The SMILES string of the molecule is COc1cc(-c2nccc(-c3cccc(NC(=O)c4ccc(CNC5CCN(C(C)=O)CC5)cn4)c3Cl)c2Cl)ccc1CNC1CCN(C(C)=O)CC1. The third kappa shape index (κ3) is 9.34. The maximum absolute atomic E-state index is 13.2. The van der Waals surface area contributed by atoms with Crippen molar-refractivity contribution >= 4 is 46.6 Å². The van der Waals surface area contributed by atoms with Crippen LogP contribution in [0.25, 0.3) is 22.4 Å². The Bertz CT molecular complexity index is 1940. The number of methoxy groups -OCH3 is 1. The van der Waals surface area contributed by atoms with Gasteiger partial charge in [0.15, 0.2) is 0 Å². The monoisotopic (exact) mass is 757 g/mol. The van der Waals surface area contributed by atoms with Crippen molar-refractivity contribution in [2.75, 3.05) is 38.6 Å². The van der Waals surface area contributed by atoms with Crippen molar-refractivity contribution < 1.29 is 19.1 Å². The summed E-state index contributed by atoms with van der Waals surface area (Å²) in [5.41, 5.74) is 5.34. The minimum absolute atomic E-state index is 0.119. The van der Waals surface area contributed by atoms with Crippen LogP contribution in [0.15, 0.2) is 67.0 Å². The first-order chi connectivity index (χ1) is 25.6. The highest BCUT2D eigenvalue weighted by atomic mass is 35.5. The number of carbonyl (C=O) groups excluding carboxylic acids is 3. The molecule has 0 atom stereocenters. The number of nitrogens with one attached hydrogen (secondary N) is 3. The van der Waals surface area contributed by atoms with Crippen LogP contribution in [0.5, 0.6) is 5.75 Å². The second-order valence-corrected chi connectivity index (χ2v) is 14.3. The molecule has 0 saturated carbocycles.